The van der Waals surface area contributed by atoms with Crippen LogP contribution in [-0.4, -0.2) is 55.9 Å². The molecule has 0 radical (unpaired) electrons. The SMILES string of the molecule is CC(C)NC(=O)Nc1ccc(-c2c(C#N)c3ccc(OCCS(=O)(=O)C4CCOC4)cc3n2C2CCC2)cc1. The topological polar surface area (TPSA) is 122 Å². The molecule has 39 heavy (non-hydrogen) atoms. The number of urea groups is 1. The molecule has 2 fully saturated rings. The van der Waals surface area contributed by atoms with E-state index in [2.05, 4.69) is 21.3 Å². The fourth-order valence-electron chi connectivity index (χ4n) is 5.18. The Morgan fingerprint density at radius 1 is 1.18 bits per heavy atom. The van der Waals surface area contributed by atoms with E-state index in [1.807, 2.05) is 50.2 Å². The van der Waals surface area contributed by atoms with Gasteiger partial charge >= 0.3 is 6.03 Å². The lowest BCUT2D eigenvalue weighted by Crippen LogP contribution is -2.34. The van der Waals surface area contributed by atoms with E-state index in [1.165, 1.54) is 0 Å². The molecule has 9 nitrogen and oxygen atoms in total. The van der Waals surface area contributed by atoms with Gasteiger partial charge in [-0.1, -0.05) is 12.1 Å². The Bertz CT molecular complexity index is 1500. The van der Waals surface area contributed by atoms with Gasteiger partial charge in [0.2, 0.25) is 0 Å². The van der Waals surface area contributed by atoms with E-state index < -0.39 is 15.1 Å². The molecular formula is C29H34N4O5S. The van der Waals surface area contributed by atoms with E-state index in [9.17, 15) is 18.5 Å². The quantitative estimate of drug-likeness (QED) is 0.386. The number of nitriles is 1. The van der Waals surface area contributed by atoms with Crippen molar-refractivity contribution in [2.75, 3.05) is 30.9 Å². The first-order valence-electron chi connectivity index (χ1n) is 13.4. The summed E-state index contributed by atoms with van der Waals surface area (Å²) in [6, 6.07) is 15.5. The highest BCUT2D eigenvalue weighted by atomic mass is 32.2. The monoisotopic (exact) mass is 550 g/mol. The lowest BCUT2D eigenvalue weighted by atomic mass is 9.92. The molecule has 1 unspecified atom stereocenters. The highest BCUT2D eigenvalue weighted by molar-refractivity contribution is 7.92. The maximum absolute atomic E-state index is 12.6. The van der Waals surface area contributed by atoms with Crippen LogP contribution >= 0.6 is 0 Å². The fourth-order valence-corrected chi connectivity index (χ4v) is 6.59. The summed E-state index contributed by atoms with van der Waals surface area (Å²) >= 11 is 0. The van der Waals surface area contributed by atoms with E-state index in [1.54, 1.807) is 6.07 Å². The van der Waals surface area contributed by atoms with Gasteiger partial charge < -0.3 is 24.7 Å². The number of rotatable bonds is 9. The van der Waals surface area contributed by atoms with Gasteiger partial charge in [-0.15, -0.1) is 0 Å². The molecule has 1 saturated carbocycles. The molecule has 1 aromatic heterocycles. The molecule has 1 atom stereocenters. The number of hydrogen-bond acceptors (Lipinski definition) is 6. The fraction of sp³-hybridized carbons (Fsp3) is 0.448. The van der Waals surface area contributed by atoms with Crippen molar-refractivity contribution < 1.29 is 22.7 Å². The predicted molar refractivity (Wildman–Crippen MR) is 151 cm³/mol. The summed E-state index contributed by atoms with van der Waals surface area (Å²) in [7, 11) is -3.28. The van der Waals surface area contributed by atoms with Gasteiger partial charge in [-0.25, -0.2) is 13.2 Å². The minimum atomic E-state index is -3.28. The number of fused-ring (bicyclic) bond motifs is 1. The molecule has 1 saturated heterocycles. The van der Waals surface area contributed by atoms with E-state index in [0.29, 0.717) is 30.0 Å². The zero-order valence-corrected chi connectivity index (χ0v) is 23.1. The highest BCUT2D eigenvalue weighted by Gasteiger charge is 2.30. The summed E-state index contributed by atoms with van der Waals surface area (Å²) in [5, 5.41) is 16.2. The third kappa shape index (κ3) is 5.75. The number of sulfone groups is 1. The summed E-state index contributed by atoms with van der Waals surface area (Å²) in [5.74, 6) is 0.512. The van der Waals surface area contributed by atoms with Gasteiger partial charge in [-0.05, 0) is 69.4 Å². The second kappa shape index (κ2) is 11.3. The second-order valence-electron chi connectivity index (χ2n) is 10.5. The largest absolute Gasteiger partial charge is 0.492 e. The van der Waals surface area contributed by atoms with Crippen LogP contribution in [-0.2, 0) is 14.6 Å². The summed E-state index contributed by atoms with van der Waals surface area (Å²) in [6.07, 6.45) is 3.69. The van der Waals surface area contributed by atoms with Crippen molar-refractivity contribution in [3.8, 4) is 23.1 Å². The van der Waals surface area contributed by atoms with Crippen LogP contribution in [0.5, 0.6) is 5.75 Å². The van der Waals surface area contributed by atoms with Crippen LogP contribution in [0.3, 0.4) is 0 Å². The number of hydrogen-bond donors (Lipinski definition) is 2. The number of nitrogens with one attached hydrogen (secondary N) is 2. The molecule has 3 aromatic rings. The van der Waals surface area contributed by atoms with Crippen molar-refractivity contribution in [2.24, 2.45) is 0 Å². The van der Waals surface area contributed by atoms with Gasteiger partial charge in [0, 0.05) is 35.8 Å². The van der Waals surface area contributed by atoms with Gasteiger partial charge in [0.1, 0.15) is 18.4 Å². The lowest BCUT2D eigenvalue weighted by molar-refractivity contribution is 0.198. The second-order valence-corrected chi connectivity index (χ2v) is 12.9. The normalized spacial score (nSPS) is 17.6. The van der Waals surface area contributed by atoms with Gasteiger partial charge in [-0.2, -0.15) is 5.26 Å². The minimum absolute atomic E-state index is 0.0285. The Hall–Kier alpha value is -3.55. The van der Waals surface area contributed by atoms with E-state index in [-0.39, 0.29) is 37.1 Å². The molecule has 1 aliphatic heterocycles. The number of aromatic nitrogens is 1. The van der Waals surface area contributed by atoms with Crippen LogP contribution in [0.25, 0.3) is 22.2 Å². The van der Waals surface area contributed by atoms with Crippen LogP contribution in [0.1, 0.15) is 51.1 Å². The van der Waals surface area contributed by atoms with Crippen LogP contribution in [0.4, 0.5) is 10.5 Å². The summed E-state index contributed by atoms with van der Waals surface area (Å²) < 4.78 is 38.5. The number of nitrogens with zero attached hydrogens (tertiary/aromatic N) is 2. The van der Waals surface area contributed by atoms with Crippen LogP contribution < -0.4 is 15.4 Å². The molecule has 2 amide bonds. The predicted octanol–water partition coefficient (Wildman–Crippen LogP) is 5.02. The molecule has 206 valence electrons. The summed E-state index contributed by atoms with van der Waals surface area (Å²) in [5.41, 5.74) is 3.88. The van der Waals surface area contributed by atoms with Gasteiger partial charge in [0.15, 0.2) is 9.84 Å². The van der Waals surface area contributed by atoms with Crippen molar-refractivity contribution in [3.63, 3.8) is 0 Å². The van der Waals surface area contributed by atoms with Crippen molar-refractivity contribution in [1.29, 1.82) is 5.26 Å². The number of ether oxygens (including phenoxy) is 2. The first-order chi connectivity index (χ1) is 18.8. The number of anilines is 1. The molecule has 2 N–H and O–H groups in total. The van der Waals surface area contributed by atoms with Crippen LogP contribution in [0.2, 0.25) is 0 Å². The van der Waals surface area contributed by atoms with E-state index in [4.69, 9.17) is 9.47 Å². The number of benzene rings is 2. The first-order valence-corrected chi connectivity index (χ1v) is 15.2. The molecule has 0 bridgehead atoms. The lowest BCUT2D eigenvalue weighted by Gasteiger charge is -2.30. The average Bonchev–Trinajstić information content (AvgIpc) is 3.51. The van der Waals surface area contributed by atoms with Gasteiger partial charge in [0.25, 0.3) is 0 Å². The van der Waals surface area contributed by atoms with Crippen molar-refractivity contribution in [1.82, 2.24) is 9.88 Å². The Balaban J connectivity index is 1.43. The number of carbonyl (C=O) groups excluding carboxylic acids is 1. The third-order valence-electron chi connectivity index (χ3n) is 7.40. The van der Waals surface area contributed by atoms with Crippen molar-refractivity contribution >= 4 is 32.5 Å². The molecule has 2 heterocycles. The standard InChI is InChI=1S/C29H34N4O5S/c1-19(2)31-29(34)32-21-8-6-20(7-9-21)28-26(17-30)25-11-10-23(16-27(25)33(28)22-4-3-5-22)38-14-15-39(35,36)24-12-13-37-18-24/h6-11,16,19,22,24H,3-5,12-15,18H2,1-2H3,(H2,31,32,34). The smallest absolute Gasteiger partial charge is 0.319 e. The Morgan fingerprint density at radius 3 is 2.56 bits per heavy atom. The highest BCUT2D eigenvalue weighted by Crippen LogP contribution is 2.43. The third-order valence-corrected chi connectivity index (χ3v) is 9.52. The Labute approximate surface area is 229 Å². The van der Waals surface area contributed by atoms with Gasteiger partial charge in [0.05, 0.1) is 34.4 Å². The maximum Gasteiger partial charge on any atom is 0.319 e. The Kier molecular flexibility index (Phi) is 7.82. The van der Waals surface area contributed by atoms with E-state index in [0.717, 1.165) is 41.4 Å². The first kappa shape index (κ1) is 27.0. The summed E-state index contributed by atoms with van der Waals surface area (Å²) in [4.78, 5) is 12.1. The minimum Gasteiger partial charge on any atom is -0.492 e. The van der Waals surface area contributed by atoms with Crippen molar-refractivity contribution in [2.45, 2.75) is 56.9 Å². The molecule has 5 rings (SSSR count). The zero-order valence-electron chi connectivity index (χ0n) is 22.3. The molecule has 2 aromatic carbocycles. The number of carbonyl (C=O) groups is 1. The maximum atomic E-state index is 12.6. The molecule has 0 spiro atoms. The zero-order chi connectivity index (χ0) is 27.6. The number of amides is 2. The van der Waals surface area contributed by atoms with Gasteiger partial charge in [-0.3, -0.25) is 0 Å². The average molecular weight is 551 g/mol. The molecular weight excluding hydrogens is 516 g/mol. The van der Waals surface area contributed by atoms with Crippen molar-refractivity contribution in [3.05, 3.63) is 48.0 Å². The van der Waals surface area contributed by atoms with Crippen LogP contribution in [0.15, 0.2) is 42.5 Å². The van der Waals surface area contributed by atoms with Crippen LogP contribution in [0, 0.1) is 11.3 Å². The molecule has 2 aliphatic rings. The molecule has 1 aliphatic carbocycles. The van der Waals surface area contributed by atoms with E-state index >= 15 is 0 Å². The summed E-state index contributed by atoms with van der Waals surface area (Å²) in [6.45, 7) is 4.59. The molecule has 10 heteroatoms. The Morgan fingerprint density at radius 2 is 1.95 bits per heavy atom.